The lowest BCUT2D eigenvalue weighted by Crippen LogP contribution is -2.41. The normalized spacial score (nSPS) is 20.6. The molecule has 0 spiro atoms. The molecule has 5 nitrogen and oxygen atoms in total. The van der Waals surface area contributed by atoms with E-state index in [0.717, 1.165) is 24.3 Å². The summed E-state index contributed by atoms with van der Waals surface area (Å²) >= 11 is 0. The molecule has 0 aromatic carbocycles. The average molecular weight is 236 g/mol. The molecule has 5 heteroatoms. The number of hydrogen-bond acceptors (Lipinski definition) is 3. The van der Waals surface area contributed by atoms with Crippen molar-refractivity contribution in [1.82, 2.24) is 15.1 Å². The predicted molar refractivity (Wildman–Crippen MR) is 67.0 cm³/mol. The van der Waals surface area contributed by atoms with Crippen molar-refractivity contribution in [3.05, 3.63) is 11.9 Å². The maximum atomic E-state index is 12.2. The minimum Gasteiger partial charge on any atom is -0.308 e. The first kappa shape index (κ1) is 12.1. The lowest BCUT2D eigenvalue weighted by atomic mass is 10.2. The zero-order valence-corrected chi connectivity index (χ0v) is 10.9. The fourth-order valence-corrected chi connectivity index (χ4v) is 2.33. The van der Waals surface area contributed by atoms with Crippen molar-refractivity contribution in [2.24, 2.45) is 7.05 Å². The van der Waals surface area contributed by atoms with Gasteiger partial charge in [0, 0.05) is 25.8 Å². The molecule has 94 valence electrons. The summed E-state index contributed by atoms with van der Waals surface area (Å²) in [6.07, 6.45) is 2.77. The SMILES string of the molecule is Cc1nn(C)cc1N1CCC(NC(C)C)C1=O. The zero-order valence-electron chi connectivity index (χ0n) is 10.9. The summed E-state index contributed by atoms with van der Waals surface area (Å²) in [7, 11) is 1.88. The van der Waals surface area contributed by atoms with Gasteiger partial charge in [-0.25, -0.2) is 0 Å². The highest BCUT2D eigenvalue weighted by atomic mass is 16.2. The Kier molecular flexibility index (Phi) is 3.19. The van der Waals surface area contributed by atoms with Crippen molar-refractivity contribution in [1.29, 1.82) is 0 Å². The number of rotatable bonds is 3. The Labute approximate surface area is 102 Å². The molecule has 1 fully saturated rings. The first-order valence-electron chi connectivity index (χ1n) is 6.06. The standard InChI is InChI=1S/C12H20N4O/c1-8(2)13-10-5-6-16(12(10)17)11-7-15(4)14-9(11)3/h7-8,10,13H,5-6H2,1-4H3. The molecule has 1 aromatic rings. The van der Waals surface area contributed by atoms with Gasteiger partial charge in [-0.15, -0.1) is 0 Å². The highest BCUT2D eigenvalue weighted by Crippen LogP contribution is 2.24. The fraction of sp³-hybridized carbons (Fsp3) is 0.667. The van der Waals surface area contributed by atoms with Crippen LogP contribution < -0.4 is 10.2 Å². The van der Waals surface area contributed by atoms with Crippen LogP contribution in [0.4, 0.5) is 5.69 Å². The van der Waals surface area contributed by atoms with Crippen LogP contribution >= 0.6 is 0 Å². The van der Waals surface area contributed by atoms with Crippen LogP contribution in [0.5, 0.6) is 0 Å². The van der Waals surface area contributed by atoms with Gasteiger partial charge >= 0.3 is 0 Å². The van der Waals surface area contributed by atoms with Crippen LogP contribution in [0.15, 0.2) is 6.20 Å². The van der Waals surface area contributed by atoms with Gasteiger partial charge in [0.15, 0.2) is 0 Å². The molecule has 0 radical (unpaired) electrons. The number of anilines is 1. The van der Waals surface area contributed by atoms with E-state index in [4.69, 9.17) is 0 Å². The van der Waals surface area contributed by atoms with Gasteiger partial charge in [0.25, 0.3) is 0 Å². The largest absolute Gasteiger partial charge is 0.308 e. The van der Waals surface area contributed by atoms with E-state index >= 15 is 0 Å². The first-order valence-corrected chi connectivity index (χ1v) is 6.06. The van der Waals surface area contributed by atoms with Crippen LogP contribution in [0.3, 0.4) is 0 Å². The van der Waals surface area contributed by atoms with Crippen LogP contribution in [0.2, 0.25) is 0 Å². The fourth-order valence-electron chi connectivity index (χ4n) is 2.33. The molecule has 1 aliphatic rings. The zero-order chi connectivity index (χ0) is 12.6. The Morgan fingerprint density at radius 1 is 1.53 bits per heavy atom. The molecule has 1 N–H and O–H groups in total. The highest BCUT2D eigenvalue weighted by molar-refractivity contribution is 5.99. The number of carbonyl (C=O) groups is 1. The maximum absolute atomic E-state index is 12.2. The van der Waals surface area contributed by atoms with Gasteiger partial charge in [-0.3, -0.25) is 9.48 Å². The number of aromatic nitrogens is 2. The number of carbonyl (C=O) groups excluding carboxylic acids is 1. The Balaban J connectivity index is 2.15. The third-order valence-electron chi connectivity index (χ3n) is 3.02. The van der Waals surface area contributed by atoms with E-state index in [1.165, 1.54) is 0 Å². The molecule has 17 heavy (non-hydrogen) atoms. The summed E-state index contributed by atoms with van der Waals surface area (Å²) in [5, 5.41) is 7.58. The number of aryl methyl sites for hydroxylation is 2. The second kappa shape index (κ2) is 4.49. The summed E-state index contributed by atoms with van der Waals surface area (Å²) in [5.74, 6) is 0.162. The van der Waals surface area contributed by atoms with Crippen LogP contribution in [0.25, 0.3) is 0 Å². The molecule has 1 unspecified atom stereocenters. The van der Waals surface area contributed by atoms with Gasteiger partial charge in [0.2, 0.25) is 5.91 Å². The highest BCUT2D eigenvalue weighted by Gasteiger charge is 2.33. The molecular weight excluding hydrogens is 216 g/mol. The summed E-state index contributed by atoms with van der Waals surface area (Å²) in [6, 6.07) is 0.286. The van der Waals surface area contributed by atoms with E-state index in [2.05, 4.69) is 24.3 Å². The molecule has 2 heterocycles. The molecule has 0 saturated carbocycles. The summed E-state index contributed by atoms with van der Waals surface area (Å²) in [5.41, 5.74) is 1.84. The van der Waals surface area contributed by atoms with Crippen molar-refractivity contribution >= 4 is 11.6 Å². The third kappa shape index (κ3) is 2.34. The number of hydrogen-bond donors (Lipinski definition) is 1. The van der Waals surface area contributed by atoms with Gasteiger partial charge in [-0.05, 0) is 13.3 Å². The number of nitrogens with one attached hydrogen (secondary N) is 1. The van der Waals surface area contributed by atoms with Gasteiger partial charge in [-0.1, -0.05) is 13.8 Å². The number of amides is 1. The van der Waals surface area contributed by atoms with Gasteiger partial charge < -0.3 is 10.2 Å². The third-order valence-corrected chi connectivity index (χ3v) is 3.02. The molecule has 1 saturated heterocycles. The van der Waals surface area contributed by atoms with Crippen LogP contribution in [-0.2, 0) is 11.8 Å². The molecule has 1 atom stereocenters. The molecular formula is C12H20N4O. The first-order chi connectivity index (χ1) is 7.99. The topological polar surface area (TPSA) is 50.2 Å². The molecule has 0 bridgehead atoms. The Hall–Kier alpha value is -1.36. The van der Waals surface area contributed by atoms with Gasteiger partial charge in [0.1, 0.15) is 0 Å². The van der Waals surface area contributed by atoms with Crippen molar-refractivity contribution in [3.8, 4) is 0 Å². The van der Waals surface area contributed by atoms with Gasteiger partial charge in [-0.2, -0.15) is 5.10 Å². The van der Waals surface area contributed by atoms with E-state index in [9.17, 15) is 4.79 Å². The van der Waals surface area contributed by atoms with Crippen molar-refractivity contribution in [2.75, 3.05) is 11.4 Å². The number of nitrogens with zero attached hydrogens (tertiary/aromatic N) is 3. The smallest absolute Gasteiger partial charge is 0.244 e. The second-order valence-corrected chi connectivity index (χ2v) is 4.93. The Morgan fingerprint density at radius 3 is 2.76 bits per heavy atom. The van der Waals surface area contributed by atoms with Crippen LogP contribution in [-0.4, -0.2) is 34.3 Å². The van der Waals surface area contributed by atoms with Crippen LogP contribution in [0.1, 0.15) is 26.0 Å². The molecule has 1 aliphatic heterocycles. The van der Waals surface area contributed by atoms with Crippen LogP contribution in [0, 0.1) is 6.92 Å². The monoisotopic (exact) mass is 236 g/mol. The minimum absolute atomic E-state index is 0.0467. The molecule has 2 rings (SSSR count). The molecule has 1 amide bonds. The van der Waals surface area contributed by atoms with Crippen molar-refractivity contribution in [3.63, 3.8) is 0 Å². The van der Waals surface area contributed by atoms with E-state index in [0.29, 0.717) is 6.04 Å². The lowest BCUT2D eigenvalue weighted by molar-refractivity contribution is -0.118. The average Bonchev–Trinajstić information content (AvgIpc) is 2.71. The predicted octanol–water partition coefficient (Wildman–Crippen LogP) is 0.832. The van der Waals surface area contributed by atoms with E-state index < -0.39 is 0 Å². The van der Waals surface area contributed by atoms with E-state index in [1.54, 1.807) is 4.68 Å². The van der Waals surface area contributed by atoms with Gasteiger partial charge in [0.05, 0.1) is 17.4 Å². The van der Waals surface area contributed by atoms with Crippen molar-refractivity contribution < 1.29 is 4.79 Å². The summed E-state index contributed by atoms with van der Waals surface area (Å²) < 4.78 is 1.75. The Morgan fingerprint density at radius 2 is 2.24 bits per heavy atom. The van der Waals surface area contributed by atoms with E-state index in [-0.39, 0.29) is 11.9 Å². The molecule has 0 aliphatic carbocycles. The van der Waals surface area contributed by atoms with Crippen molar-refractivity contribution in [2.45, 2.75) is 39.3 Å². The second-order valence-electron chi connectivity index (χ2n) is 4.93. The Bertz CT molecular complexity index is 424. The lowest BCUT2D eigenvalue weighted by Gasteiger charge is -2.17. The quantitative estimate of drug-likeness (QED) is 0.845. The summed E-state index contributed by atoms with van der Waals surface area (Å²) in [4.78, 5) is 14.1. The summed E-state index contributed by atoms with van der Waals surface area (Å²) in [6.45, 7) is 6.83. The maximum Gasteiger partial charge on any atom is 0.244 e. The minimum atomic E-state index is -0.0467. The molecule has 1 aromatic heterocycles. The van der Waals surface area contributed by atoms with E-state index in [1.807, 2.05) is 25.1 Å².